The summed E-state index contributed by atoms with van der Waals surface area (Å²) in [6, 6.07) is 23.9. The van der Waals surface area contributed by atoms with Crippen LogP contribution in [0, 0.1) is 0 Å². The summed E-state index contributed by atoms with van der Waals surface area (Å²) in [7, 11) is 0. The number of hydrogen-bond acceptors (Lipinski definition) is 6. The lowest BCUT2D eigenvalue weighted by Gasteiger charge is -2.24. The van der Waals surface area contributed by atoms with Gasteiger partial charge in [-0.05, 0) is 49.6 Å². The first-order chi connectivity index (χ1) is 21.3. The maximum atomic E-state index is 13.1. The minimum Gasteiger partial charge on any atom is -0.475 e. The van der Waals surface area contributed by atoms with Gasteiger partial charge in [0.1, 0.15) is 5.82 Å². The Morgan fingerprint density at radius 1 is 0.978 bits per heavy atom. The van der Waals surface area contributed by atoms with Crippen molar-refractivity contribution in [2.45, 2.75) is 57.4 Å². The number of benzene rings is 2. The molecule has 10 nitrogen and oxygen atoms in total. The molecule has 3 aromatic heterocycles. The Bertz CT molecular complexity index is 1710. The lowest BCUT2D eigenvalue weighted by atomic mass is 10.0. The molecule has 0 radical (unpaired) electrons. The Labute approximate surface area is 257 Å². The number of hydrogen-bond donors (Lipinski definition) is 4. The number of nitrogens with one attached hydrogen (secondary N) is 2. The van der Waals surface area contributed by atoms with Gasteiger partial charge in [0.15, 0.2) is 5.82 Å². The van der Waals surface area contributed by atoms with E-state index in [-0.39, 0.29) is 5.91 Å². The van der Waals surface area contributed by atoms with E-state index in [0.717, 1.165) is 34.4 Å². The Hall–Kier alpha value is -5.04. The highest BCUT2D eigenvalue weighted by Gasteiger charge is 2.38. The molecule has 0 spiro atoms. The summed E-state index contributed by atoms with van der Waals surface area (Å²) >= 11 is 0. The molecule has 2 aromatic carbocycles. The number of para-hydroxylation sites is 1. The first-order valence-corrected chi connectivity index (χ1v) is 14.1. The van der Waals surface area contributed by atoms with Crippen LogP contribution in [0.5, 0.6) is 0 Å². The van der Waals surface area contributed by atoms with E-state index < -0.39 is 23.7 Å². The fraction of sp³-hybridized carbons (Fsp3) is 0.281. The highest BCUT2D eigenvalue weighted by atomic mass is 19.4. The van der Waals surface area contributed by atoms with Gasteiger partial charge in [0.25, 0.3) is 0 Å². The Balaban J connectivity index is 0.000000591. The molecule has 1 atom stereocenters. The van der Waals surface area contributed by atoms with E-state index in [4.69, 9.17) is 15.6 Å². The number of carbonyl (C=O) groups excluding carboxylic acids is 1. The summed E-state index contributed by atoms with van der Waals surface area (Å²) in [5, 5.41) is 20.6. The van der Waals surface area contributed by atoms with Crippen LogP contribution in [0.4, 0.5) is 13.2 Å². The predicted molar refractivity (Wildman–Crippen MR) is 162 cm³/mol. The predicted octanol–water partition coefficient (Wildman–Crippen LogP) is 4.76. The van der Waals surface area contributed by atoms with E-state index in [9.17, 15) is 18.0 Å². The van der Waals surface area contributed by atoms with Crippen LogP contribution in [0.15, 0.2) is 85.2 Å². The van der Waals surface area contributed by atoms with Crippen molar-refractivity contribution in [2.24, 2.45) is 5.73 Å². The highest BCUT2D eigenvalue weighted by molar-refractivity contribution is 5.86. The third-order valence-corrected chi connectivity index (χ3v) is 6.93. The van der Waals surface area contributed by atoms with Crippen molar-refractivity contribution in [2.75, 3.05) is 0 Å². The third-order valence-electron chi connectivity index (χ3n) is 6.93. The average Bonchev–Trinajstić information content (AvgIpc) is 3.60. The van der Waals surface area contributed by atoms with Gasteiger partial charge in [-0.1, -0.05) is 54.6 Å². The number of aromatic nitrogens is 5. The van der Waals surface area contributed by atoms with Crippen LogP contribution in [-0.4, -0.2) is 53.4 Å². The second-order valence-electron chi connectivity index (χ2n) is 11.0. The zero-order chi connectivity index (χ0) is 32.6. The fourth-order valence-corrected chi connectivity index (χ4v) is 4.59. The molecule has 0 saturated carbocycles. The Morgan fingerprint density at radius 2 is 1.64 bits per heavy atom. The number of nitrogens with two attached hydrogens (primary N) is 1. The molecular weight excluding hydrogens is 587 g/mol. The Morgan fingerprint density at radius 3 is 2.29 bits per heavy atom. The standard InChI is InChI=1S/C30H33N7O.C2HF3O2/c1-30(2,31)29(38)34-26(18-22-19-33-25-14-7-6-13-24(22)25)28-36-35-27(16-15-21-10-4-3-5-11-21)37(28)20-23-12-8-9-17-32-23;3-2(4,5)1(6)7/h3-14,17,19,26,33H,15-16,18,20,31H2,1-2H3,(H,34,38);(H,6,7)/t26-;/m1./s1. The lowest BCUT2D eigenvalue weighted by Crippen LogP contribution is -2.50. The number of H-pyrrole nitrogens is 1. The molecule has 0 aliphatic rings. The van der Waals surface area contributed by atoms with Crippen LogP contribution < -0.4 is 11.1 Å². The van der Waals surface area contributed by atoms with Gasteiger partial charge in [-0.3, -0.25) is 9.78 Å². The van der Waals surface area contributed by atoms with Gasteiger partial charge in [-0.25, -0.2) is 4.79 Å². The summed E-state index contributed by atoms with van der Waals surface area (Å²) in [6.45, 7) is 3.91. The number of alkyl halides is 3. The van der Waals surface area contributed by atoms with Gasteiger partial charge < -0.3 is 25.7 Å². The molecule has 0 fully saturated rings. The number of pyridine rings is 1. The number of carbonyl (C=O) groups is 2. The number of aryl methyl sites for hydroxylation is 2. The van der Waals surface area contributed by atoms with E-state index in [1.165, 1.54) is 5.56 Å². The van der Waals surface area contributed by atoms with Crippen LogP contribution in [0.1, 0.15) is 48.4 Å². The maximum absolute atomic E-state index is 13.1. The lowest BCUT2D eigenvalue weighted by molar-refractivity contribution is -0.192. The van der Waals surface area contributed by atoms with Gasteiger partial charge in [0, 0.05) is 36.1 Å². The van der Waals surface area contributed by atoms with Crippen LogP contribution in [0.2, 0.25) is 0 Å². The van der Waals surface area contributed by atoms with E-state index in [1.54, 1.807) is 20.0 Å². The summed E-state index contributed by atoms with van der Waals surface area (Å²) in [5.74, 6) is -1.48. The molecule has 1 amide bonds. The summed E-state index contributed by atoms with van der Waals surface area (Å²) in [6.07, 6.45) is 0.764. The van der Waals surface area contributed by atoms with Crippen LogP contribution in [0.3, 0.4) is 0 Å². The first kappa shape index (κ1) is 32.9. The summed E-state index contributed by atoms with van der Waals surface area (Å²) in [4.78, 5) is 29.9. The normalized spacial score (nSPS) is 12.3. The minimum atomic E-state index is -5.08. The van der Waals surface area contributed by atoms with Crippen molar-refractivity contribution in [1.29, 1.82) is 0 Å². The zero-order valence-corrected chi connectivity index (χ0v) is 24.8. The molecule has 5 rings (SSSR count). The summed E-state index contributed by atoms with van der Waals surface area (Å²) in [5.41, 5.74) is 9.39. The van der Waals surface area contributed by atoms with Crippen molar-refractivity contribution in [3.05, 3.63) is 114 Å². The molecule has 3 heterocycles. The quantitative estimate of drug-likeness (QED) is 0.176. The second kappa shape index (κ2) is 14.2. The molecule has 0 aliphatic heterocycles. The second-order valence-corrected chi connectivity index (χ2v) is 11.0. The minimum absolute atomic E-state index is 0.249. The van der Waals surface area contributed by atoms with Crippen LogP contribution in [-0.2, 0) is 35.4 Å². The molecule has 0 unspecified atom stereocenters. The number of halogens is 3. The van der Waals surface area contributed by atoms with Crippen LogP contribution >= 0.6 is 0 Å². The van der Waals surface area contributed by atoms with E-state index >= 15 is 0 Å². The van der Waals surface area contributed by atoms with E-state index in [0.29, 0.717) is 25.2 Å². The molecule has 236 valence electrons. The molecule has 13 heteroatoms. The van der Waals surface area contributed by atoms with Gasteiger partial charge in [0.05, 0.1) is 23.8 Å². The average molecular weight is 622 g/mol. The number of aliphatic carboxylic acids is 1. The van der Waals surface area contributed by atoms with Crippen molar-refractivity contribution >= 4 is 22.8 Å². The number of nitrogens with zero attached hydrogens (tertiary/aromatic N) is 4. The first-order valence-electron chi connectivity index (χ1n) is 14.1. The molecule has 5 aromatic rings. The van der Waals surface area contributed by atoms with Crippen LogP contribution in [0.25, 0.3) is 10.9 Å². The fourth-order valence-electron chi connectivity index (χ4n) is 4.59. The van der Waals surface area contributed by atoms with Crippen molar-refractivity contribution in [3.63, 3.8) is 0 Å². The number of aromatic amines is 1. The molecule has 0 aliphatic carbocycles. The topological polar surface area (TPSA) is 152 Å². The number of carboxylic acid groups (broad SMARTS) is 1. The number of rotatable bonds is 10. The molecule has 0 saturated heterocycles. The Kier molecular flexibility index (Phi) is 10.3. The van der Waals surface area contributed by atoms with E-state index in [1.807, 2.05) is 60.8 Å². The van der Waals surface area contributed by atoms with Crippen molar-refractivity contribution in [3.8, 4) is 0 Å². The van der Waals surface area contributed by atoms with Gasteiger partial charge in [0.2, 0.25) is 5.91 Å². The molecule has 0 bridgehead atoms. The number of carboxylic acids is 1. The zero-order valence-electron chi connectivity index (χ0n) is 24.8. The third kappa shape index (κ3) is 8.99. The van der Waals surface area contributed by atoms with Gasteiger partial charge in [-0.2, -0.15) is 13.2 Å². The molecule has 45 heavy (non-hydrogen) atoms. The van der Waals surface area contributed by atoms with Gasteiger partial charge in [-0.15, -0.1) is 10.2 Å². The molecule has 5 N–H and O–H groups in total. The monoisotopic (exact) mass is 621 g/mol. The smallest absolute Gasteiger partial charge is 0.475 e. The van der Waals surface area contributed by atoms with E-state index in [2.05, 4.69) is 48.2 Å². The maximum Gasteiger partial charge on any atom is 0.490 e. The van der Waals surface area contributed by atoms with Gasteiger partial charge >= 0.3 is 12.1 Å². The summed E-state index contributed by atoms with van der Waals surface area (Å²) < 4.78 is 33.8. The number of amides is 1. The highest BCUT2D eigenvalue weighted by Crippen LogP contribution is 2.26. The largest absolute Gasteiger partial charge is 0.490 e. The number of fused-ring (bicyclic) bond motifs is 1. The van der Waals surface area contributed by atoms with Crippen molar-refractivity contribution in [1.82, 2.24) is 30.0 Å². The van der Waals surface area contributed by atoms with Crippen molar-refractivity contribution < 1.29 is 27.9 Å². The molecular formula is C32H34F3N7O3. The SMILES string of the molecule is CC(C)(N)C(=O)N[C@H](Cc1c[nH]c2ccccc12)c1nnc(CCc2ccccc2)n1Cc1ccccn1.O=C(O)C(F)(F)F.